The Bertz CT molecular complexity index is 27.2. The van der Waals surface area contributed by atoms with E-state index in [-0.39, 0.29) is 0 Å². The summed E-state index contributed by atoms with van der Waals surface area (Å²) in [5.74, 6) is 0. The van der Waals surface area contributed by atoms with E-state index in [4.69, 9.17) is 3.44 Å². The normalized spacial score (nSPS) is 9.43. The molecule has 0 rings (SSSR count). The van der Waals surface area contributed by atoms with Crippen molar-refractivity contribution in [2.45, 2.75) is 0 Å². The summed E-state index contributed by atoms with van der Waals surface area (Å²) in [5.41, 5.74) is 0. The molecule has 0 aromatic carbocycles. The Morgan fingerprint density at radius 1 is 1.00 bits per heavy atom. The zero-order valence-corrected chi connectivity index (χ0v) is 15.2. The van der Waals surface area contributed by atoms with Gasteiger partial charge in [-0.15, -0.1) is 0 Å². The van der Waals surface area contributed by atoms with Crippen LogP contribution in [-0.2, 0) is 0 Å². The van der Waals surface area contributed by atoms with Gasteiger partial charge in [0.15, 0.2) is 0 Å². The van der Waals surface area contributed by atoms with Crippen LogP contribution in [0.1, 0.15) is 0 Å². The molecule has 7 heteroatoms. The van der Waals surface area contributed by atoms with Crippen LogP contribution < -0.4 is 0 Å². The minimum absolute atomic E-state index is 1.15. The molecule has 0 saturated heterocycles. The molecule has 0 radical (unpaired) electrons. The third-order valence-corrected chi connectivity index (χ3v) is 0. The molecule has 46 valence electrons. The summed E-state index contributed by atoms with van der Waals surface area (Å²) >= 11 is 12.5. The van der Waals surface area contributed by atoms with Crippen LogP contribution in [0, 0.1) is 0 Å². The van der Waals surface area contributed by atoms with Crippen molar-refractivity contribution in [3.8, 4) is 0 Å². The van der Waals surface area contributed by atoms with Crippen molar-refractivity contribution < 1.29 is 3.44 Å². The summed E-state index contributed by atoms with van der Waals surface area (Å²) in [6.07, 6.45) is 0. The molecule has 0 aliphatic rings. The second kappa shape index (κ2) is 7.64. The van der Waals surface area contributed by atoms with Crippen LogP contribution in [0.25, 0.3) is 0 Å². The second-order valence-electron chi connectivity index (χ2n) is 0.429. The summed E-state index contributed by atoms with van der Waals surface area (Å²) in [4.78, 5) is 0. The van der Waals surface area contributed by atoms with Gasteiger partial charge in [-0.2, -0.15) is 0 Å². The van der Waals surface area contributed by atoms with Gasteiger partial charge in [0.05, 0.1) is 0 Å². The number of hydrogen-bond acceptors (Lipinski definition) is 1. The zero-order valence-electron chi connectivity index (χ0n) is 2.84. The summed E-state index contributed by atoms with van der Waals surface area (Å²) in [6, 6.07) is 0. The first kappa shape index (κ1) is 13.1. The van der Waals surface area contributed by atoms with Gasteiger partial charge in [-0.05, 0) is 0 Å². The van der Waals surface area contributed by atoms with Crippen LogP contribution in [0.2, 0.25) is 0 Å². The van der Waals surface area contributed by atoms with E-state index in [1.54, 1.807) is 0 Å². The van der Waals surface area contributed by atoms with Crippen molar-refractivity contribution in [2.75, 3.05) is 0 Å². The Labute approximate surface area is 83.6 Å². The molecule has 1 N–H and O–H groups in total. The Morgan fingerprint density at radius 2 is 1.00 bits per heavy atom. The summed E-state index contributed by atoms with van der Waals surface area (Å²) in [5, 5.41) is 0. The van der Waals surface area contributed by atoms with Crippen molar-refractivity contribution in [1.29, 1.82) is 0 Å². The molecular weight excluding hydrogens is 670 g/mol. The maximum atomic E-state index is 6.97. The third kappa shape index (κ3) is 43.3. The van der Waals surface area contributed by atoms with Crippen molar-refractivity contribution in [3.05, 3.63) is 0 Å². The van der Waals surface area contributed by atoms with Gasteiger partial charge in [-0.1, -0.05) is 0 Å². The Balaban J connectivity index is 0. The molecule has 0 aliphatic carbocycles. The molecule has 0 saturated carbocycles. The predicted molar refractivity (Wildman–Crippen MR) is 57.7 cm³/mol. The molecular formula is HBr4IOPb. The number of hydrogen-bond donors (Lipinski definition) is 1. The van der Waals surface area contributed by atoms with Gasteiger partial charge < -0.3 is 3.44 Å². The minimum atomic E-state index is -2.03. The quantitative estimate of drug-likeness (QED) is 0.310. The van der Waals surface area contributed by atoms with E-state index in [1.807, 2.05) is 0 Å². The van der Waals surface area contributed by atoms with Gasteiger partial charge >= 0.3 is 59.5 Å². The van der Waals surface area contributed by atoms with E-state index in [9.17, 15) is 0 Å². The van der Waals surface area contributed by atoms with E-state index in [1.165, 1.54) is 0 Å². The maximum absolute atomic E-state index is 6.97. The molecule has 0 aromatic heterocycles. The van der Waals surface area contributed by atoms with Gasteiger partial charge in [0, 0.05) is 0 Å². The van der Waals surface area contributed by atoms with Crippen molar-refractivity contribution in [3.63, 3.8) is 0 Å². The van der Waals surface area contributed by atoms with Crippen LogP contribution in [-0.4, -0.2) is 15.0 Å². The second-order valence-corrected chi connectivity index (χ2v) is 102. The standard InChI is InChI=1S/4BrH.HIO.Pb/c;;;;1-2;/h4*1H;2H;/q;;;;;+4/p-4. The van der Waals surface area contributed by atoms with Crippen molar-refractivity contribution in [1.82, 2.24) is 0 Å². The van der Waals surface area contributed by atoms with E-state index >= 15 is 0 Å². The average molecular weight is 671 g/mol. The number of halogens is 5. The average Bonchev–Trinajstić information content (AvgIpc) is 1.36. The van der Waals surface area contributed by atoms with Crippen LogP contribution >= 0.6 is 70.9 Å². The molecule has 0 atom stereocenters. The molecule has 0 heterocycles. The molecule has 0 fully saturated rings. The van der Waals surface area contributed by atoms with Gasteiger partial charge in [-0.3, -0.25) is 0 Å². The summed E-state index contributed by atoms with van der Waals surface area (Å²) in [6.45, 7) is 0. The van der Waals surface area contributed by atoms with E-state index in [0.717, 1.165) is 23.0 Å². The topological polar surface area (TPSA) is 20.2 Å². The van der Waals surface area contributed by atoms with Crippen LogP contribution in [0.3, 0.4) is 0 Å². The van der Waals surface area contributed by atoms with Gasteiger partial charge in [0.2, 0.25) is 0 Å². The van der Waals surface area contributed by atoms with Gasteiger partial charge in [0.25, 0.3) is 0 Å². The molecule has 0 amide bonds. The first-order chi connectivity index (χ1) is 3.00. The fourth-order valence-electron chi connectivity index (χ4n) is 0. The van der Waals surface area contributed by atoms with Gasteiger partial charge in [-0.25, -0.2) is 0 Å². The molecule has 0 unspecified atom stereocenters. The Morgan fingerprint density at radius 3 is 1.00 bits per heavy atom. The molecule has 0 aliphatic heterocycles. The van der Waals surface area contributed by atoms with Crippen LogP contribution in [0.15, 0.2) is 0 Å². The first-order valence-corrected chi connectivity index (χ1v) is 35.6. The van der Waals surface area contributed by atoms with Crippen LogP contribution in [0.4, 0.5) is 0 Å². The summed E-state index contributed by atoms with van der Waals surface area (Å²) in [7, 11) is 0. The zero-order chi connectivity index (χ0) is 6.50. The van der Waals surface area contributed by atoms with E-state index in [0.29, 0.717) is 0 Å². The SMILES string of the molecule is OI.[Br][Pb]([Br])([Br])[Br]. The Kier molecular flexibility index (Phi) is 14.3. The molecule has 7 heavy (non-hydrogen) atoms. The molecule has 0 bridgehead atoms. The monoisotopic (exact) mass is 668 g/mol. The van der Waals surface area contributed by atoms with Gasteiger partial charge in [0.1, 0.15) is 23.0 Å². The molecule has 1 nitrogen and oxygen atoms in total. The van der Waals surface area contributed by atoms with Crippen molar-refractivity contribution >= 4 is 82.5 Å². The molecule has 0 aromatic rings. The summed E-state index contributed by atoms with van der Waals surface area (Å²) < 4.78 is 6.97. The number of rotatable bonds is 0. The van der Waals surface area contributed by atoms with Crippen LogP contribution in [0.5, 0.6) is 0 Å². The molecule has 0 spiro atoms. The Hall–Kier alpha value is 3.53. The predicted octanol–water partition coefficient (Wildman–Crippen LogP) is 3.33. The fourth-order valence-corrected chi connectivity index (χ4v) is 0. The first-order valence-electron chi connectivity index (χ1n) is 0.925. The van der Waals surface area contributed by atoms with E-state index < -0.39 is 11.5 Å². The third-order valence-electron chi connectivity index (χ3n) is 0. The fraction of sp³-hybridized carbons (Fsp3) is 0. The van der Waals surface area contributed by atoms with Crippen molar-refractivity contribution in [2.24, 2.45) is 0 Å². The van der Waals surface area contributed by atoms with E-state index in [2.05, 4.69) is 47.9 Å².